The molecule has 5 nitrogen and oxygen atoms in total. The molecule has 154 valence electrons. The minimum Gasteiger partial charge on any atom is -0.354 e. The lowest BCUT2D eigenvalue weighted by atomic mass is 9.89. The molecular formula is C24H31N3O2. The molecule has 1 aliphatic carbocycles. The summed E-state index contributed by atoms with van der Waals surface area (Å²) >= 11 is 0. The predicted octanol–water partition coefficient (Wildman–Crippen LogP) is 4.21. The Morgan fingerprint density at radius 1 is 0.897 bits per heavy atom. The zero-order valence-electron chi connectivity index (χ0n) is 17.0. The van der Waals surface area contributed by atoms with E-state index in [1.807, 2.05) is 24.3 Å². The number of urea groups is 1. The molecule has 0 bridgehead atoms. The first-order chi connectivity index (χ1) is 14.2. The van der Waals surface area contributed by atoms with Crippen LogP contribution in [0.1, 0.15) is 50.5 Å². The van der Waals surface area contributed by atoms with E-state index in [-0.39, 0.29) is 18.0 Å². The fourth-order valence-electron chi connectivity index (χ4n) is 4.76. The smallest absolute Gasteiger partial charge is 0.318 e. The number of benzene rings is 2. The fraction of sp³-hybridized carbons (Fsp3) is 0.500. The van der Waals surface area contributed by atoms with E-state index in [0.717, 1.165) is 30.3 Å². The Morgan fingerprint density at radius 3 is 2.55 bits per heavy atom. The molecule has 1 aliphatic heterocycles. The summed E-state index contributed by atoms with van der Waals surface area (Å²) < 4.78 is 0. The molecule has 2 aromatic carbocycles. The van der Waals surface area contributed by atoms with Crippen molar-refractivity contribution in [2.45, 2.75) is 57.5 Å². The Labute approximate surface area is 172 Å². The zero-order valence-corrected chi connectivity index (χ0v) is 17.0. The van der Waals surface area contributed by atoms with Gasteiger partial charge in [-0.05, 0) is 47.9 Å². The third-order valence-corrected chi connectivity index (χ3v) is 6.42. The number of nitrogens with zero attached hydrogens (tertiary/aromatic N) is 1. The summed E-state index contributed by atoms with van der Waals surface area (Å²) in [7, 11) is 0. The first-order valence-corrected chi connectivity index (χ1v) is 11.0. The number of likely N-dealkylation sites (tertiary alicyclic amines) is 1. The standard InChI is InChI=1S/C24H31N3O2/c28-23(25-16-18-8-2-1-3-9-18)22-14-7-15-27(22)24(29)26-17-20-12-6-11-19-10-4-5-13-21(19)20/h4-6,10-13,18,22H,1-3,7-9,14-17H2,(H,25,28)(H,26,29)/t22-/m0/s1. The van der Waals surface area contributed by atoms with E-state index in [4.69, 9.17) is 0 Å². The highest BCUT2D eigenvalue weighted by Crippen LogP contribution is 2.24. The van der Waals surface area contributed by atoms with Gasteiger partial charge in [0.15, 0.2) is 0 Å². The summed E-state index contributed by atoms with van der Waals surface area (Å²) in [5.41, 5.74) is 1.09. The van der Waals surface area contributed by atoms with Crippen molar-refractivity contribution in [3.63, 3.8) is 0 Å². The molecule has 3 amide bonds. The van der Waals surface area contributed by atoms with E-state index in [9.17, 15) is 9.59 Å². The number of rotatable bonds is 5. The van der Waals surface area contributed by atoms with Crippen LogP contribution in [0.15, 0.2) is 42.5 Å². The molecule has 4 rings (SSSR count). The molecule has 0 spiro atoms. The van der Waals surface area contributed by atoms with Crippen molar-refractivity contribution in [1.82, 2.24) is 15.5 Å². The van der Waals surface area contributed by atoms with Gasteiger partial charge in [0.1, 0.15) is 6.04 Å². The monoisotopic (exact) mass is 393 g/mol. The number of nitrogens with one attached hydrogen (secondary N) is 2. The molecule has 2 N–H and O–H groups in total. The Morgan fingerprint density at radius 2 is 1.69 bits per heavy atom. The van der Waals surface area contributed by atoms with Crippen molar-refractivity contribution < 1.29 is 9.59 Å². The molecule has 1 atom stereocenters. The molecule has 0 radical (unpaired) electrons. The Balaban J connectivity index is 1.33. The van der Waals surface area contributed by atoms with Crippen molar-refractivity contribution in [3.8, 4) is 0 Å². The first kappa shape index (κ1) is 19.7. The van der Waals surface area contributed by atoms with Gasteiger partial charge in [0.2, 0.25) is 5.91 Å². The number of hydrogen-bond donors (Lipinski definition) is 2. The zero-order chi connectivity index (χ0) is 20.1. The van der Waals surface area contributed by atoms with E-state index in [1.165, 1.54) is 37.5 Å². The summed E-state index contributed by atoms with van der Waals surface area (Å²) in [6.07, 6.45) is 7.90. The number of hydrogen-bond acceptors (Lipinski definition) is 2. The maximum Gasteiger partial charge on any atom is 0.318 e. The van der Waals surface area contributed by atoms with Crippen LogP contribution in [-0.4, -0.2) is 36.0 Å². The number of fused-ring (bicyclic) bond motifs is 1. The van der Waals surface area contributed by atoms with Crippen LogP contribution in [0, 0.1) is 5.92 Å². The van der Waals surface area contributed by atoms with Crippen LogP contribution in [0.5, 0.6) is 0 Å². The molecule has 1 saturated heterocycles. The summed E-state index contributed by atoms with van der Waals surface area (Å²) in [5, 5.41) is 8.47. The molecule has 0 aromatic heterocycles. The van der Waals surface area contributed by atoms with Gasteiger partial charge in [-0.1, -0.05) is 61.7 Å². The highest BCUT2D eigenvalue weighted by molar-refractivity contribution is 5.88. The van der Waals surface area contributed by atoms with E-state index in [0.29, 0.717) is 19.0 Å². The van der Waals surface area contributed by atoms with Crippen molar-refractivity contribution in [3.05, 3.63) is 48.0 Å². The normalized spacial score (nSPS) is 20.0. The van der Waals surface area contributed by atoms with Gasteiger partial charge in [-0.2, -0.15) is 0 Å². The molecule has 29 heavy (non-hydrogen) atoms. The van der Waals surface area contributed by atoms with Gasteiger partial charge in [0.25, 0.3) is 0 Å². The lowest BCUT2D eigenvalue weighted by Crippen LogP contribution is -2.50. The average molecular weight is 394 g/mol. The van der Waals surface area contributed by atoms with E-state index in [1.54, 1.807) is 4.90 Å². The van der Waals surface area contributed by atoms with Gasteiger partial charge in [-0.25, -0.2) is 4.79 Å². The molecule has 2 aromatic rings. The molecule has 1 saturated carbocycles. The Bertz CT molecular complexity index is 855. The third kappa shape index (κ3) is 4.72. The summed E-state index contributed by atoms with van der Waals surface area (Å²) in [6.45, 7) is 1.86. The minimum atomic E-state index is -0.342. The molecule has 2 aliphatic rings. The van der Waals surface area contributed by atoms with Gasteiger partial charge in [-0.15, -0.1) is 0 Å². The van der Waals surface area contributed by atoms with Crippen LogP contribution < -0.4 is 10.6 Å². The van der Waals surface area contributed by atoms with E-state index >= 15 is 0 Å². The van der Waals surface area contributed by atoms with Crippen molar-refractivity contribution >= 4 is 22.7 Å². The van der Waals surface area contributed by atoms with Gasteiger partial charge >= 0.3 is 6.03 Å². The highest BCUT2D eigenvalue weighted by atomic mass is 16.2. The van der Waals surface area contributed by atoms with Crippen LogP contribution in [0.4, 0.5) is 4.79 Å². The average Bonchev–Trinajstić information content (AvgIpc) is 3.27. The summed E-state index contributed by atoms with van der Waals surface area (Å²) in [6, 6.07) is 13.8. The number of carbonyl (C=O) groups is 2. The number of amides is 3. The van der Waals surface area contributed by atoms with Crippen LogP contribution in [0.3, 0.4) is 0 Å². The Kier molecular flexibility index (Phi) is 6.33. The van der Waals surface area contributed by atoms with Gasteiger partial charge in [-0.3, -0.25) is 4.79 Å². The SMILES string of the molecule is O=C(NCC1CCCCC1)[C@@H]1CCCN1C(=O)NCc1cccc2ccccc12. The maximum absolute atomic E-state index is 12.8. The van der Waals surface area contributed by atoms with Crippen LogP contribution in [0.2, 0.25) is 0 Å². The molecular weight excluding hydrogens is 362 g/mol. The van der Waals surface area contributed by atoms with Crippen molar-refractivity contribution in [1.29, 1.82) is 0 Å². The lowest BCUT2D eigenvalue weighted by molar-refractivity contribution is -0.124. The van der Waals surface area contributed by atoms with Crippen molar-refractivity contribution in [2.75, 3.05) is 13.1 Å². The Hall–Kier alpha value is -2.56. The lowest BCUT2D eigenvalue weighted by Gasteiger charge is -2.26. The third-order valence-electron chi connectivity index (χ3n) is 6.42. The fourth-order valence-corrected chi connectivity index (χ4v) is 4.76. The van der Waals surface area contributed by atoms with Crippen LogP contribution in [-0.2, 0) is 11.3 Å². The van der Waals surface area contributed by atoms with Crippen molar-refractivity contribution in [2.24, 2.45) is 5.92 Å². The topological polar surface area (TPSA) is 61.4 Å². The second kappa shape index (κ2) is 9.29. The number of carbonyl (C=O) groups excluding carboxylic acids is 2. The highest BCUT2D eigenvalue weighted by Gasteiger charge is 2.34. The van der Waals surface area contributed by atoms with Crippen LogP contribution >= 0.6 is 0 Å². The van der Waals surface area contributed by atoms with E-state index in [2.05, 4.69) is 28.8 Å². The maximum atomic E-state index is 12.8. The van der Waals surface area contributed by atoms with Crippen LogP contribution in [0.25, 0.3) is 10.8 Å². The first-order valence-electron chi connectivity index (χ1n) is 11.0. The van der Waals surface area contributed by atoms with Gasteiger partial charge < -0.3 is 15.5 Å². The second-order valence-electron chi connectivity index (χ2n) is 8.40. The molecule has 5 heteroatoms. The summed E-state index contributed by atoms with van der Waals surface area (Å²) in [4.78, 5) is 27.2. The predicted molar refractivity (Wildman–Crippen MR) is 115 cm³/mol. The largest absolute Gasteiger partial charge is 0.354 e. The van der Waals surface area contributed by atoms with Gasteiger partial charge in [0.05, 0.1) is 0 Å². The van der Waals surface area contributed by atoms with Gasteiger partial charge in [0, 0.05) is 19.6 Å². The molecule has 0 unspecified atom stereocenters. The van der Waals surface area contributed by atoms with E-state index < -0.39 is 0 Å². The quantitative estimate of drug-likeness (QED) is 0.799. The summed E-state index contributed by atoms with van der Waals surface area (Å²) in [5.74, 6) is 0.608. The minimum absolute atomic E-state index is 0.00776. The molecule has 1 heterocycles. The molecule has 2 fully saturated rings. The second-order valence-corrected chi connectivity index (χ2v) is 8.40.